The molecule has 4 aliphatic rings. The second kappa shape index (κ2) is 2.90. The predicted molar refractivity (Wildman–Crippen MR) is 65.8 cm³/mol. The van der Waals surface area contributed by atoms with Crippen LogP contribution < -0.4 is 0 Å². The third-order valence-electron chi connectivity index (χ3n) is 5.25. The molecule has 1 heterocycles. The number of esters is 1. The first-order valence-electron chi connectivity index (χ1n) is 5.78. The lowest BCUT2D eigenvalue weighted by Gasteiger charge is -2.64. The molecule has 0 spiro atoms. The van der Waals surface area contributed by atoms with Gasteiger partial charge in [-0.2, -0.15) is 0 Å². The highest BCUT2D eigenvalue weighted by atomic mass is 127. The Morgan fingerprint density at radius 2 is 2.13 bits per heavy atom. The van der Waals surface area contributed by atoms with E-state index in [0.29, 0.717) is 23.7 Å². The van der Waals surface area contributed by atoms with Gasteiger partial charge in [0.1, 0.15) is 5.60 Å². The van der Waals surface area contributed by atoms with Crippen molar-refractivity contribution in [2.45, 2.75) is 38.7 Å². The first-order chi connectivity index (χ1) is 7.00. The van der Waals surface area contributed by atoms with Crippen LogP contribution >= 0.6 is 22.6 Å². The molecular weight excluding hydrogens is 303 g/mol. The van der Waals surface area contributed by atoms with Gasteiger partial charge in [0, 0.05) is 16.3 Å². The van der Waals surface area contributed by atoms with Crippen molar-refractivity contribution in [2.24, 2.45) is 23.2 Å². The zero-order valence-corrected chi connectivity index (χ0v) is 11.4. The average Bonchev–Trinajstić information content (AvgIpc) is 2.53. The highest BCUT2D eigenvalue weighted by Gasteiger charge is 2.68. The van der Waals surface area contributed by atoms with E-state index in [9.17, 15) is 4.79 Å². The van der Waals surface area contributed by atoms with E-state index in [1.165, 1.54) is 12.8 Å². The van der Waals surface area contributed by atoms with Gasteiger partial charge >= 0.3 is 5.97 Å². The maximum atomic E-state index is 11.5. The molecule has 0 unspecified atom stereocenters. The van der Waals surface area contributed by atoms with Crippen LogP contribution in [0.25, 0.3) is 0 Å². The fourth-order valence-corrected chi connectivity index (χ4v) is 5.48. The van der Waals surface area contributed by atoms with E-state index in [4.69, 9.17) is 4.74 Å². The molecule has 0 aromatic heterocycles. The molecule has 3 aliphatic carbocycles. The van der Waals surface area contributed by atoms with Crippen molar-refractivity contribution in [1.82, 2.24) is 0 Å². The Kier molecular flexibility index (Phi) is 2.00. The minimum Gasteiger partial charge on any atom is -0.458 e. The van der Waals surface area contributed by atoms with E-state index >= 15 is 0 Å². The molecule has 0 radical (unpaired) electrons. The van der Waals surface area contributed by atoms with Crippen molar-refractivity contribution in [3.05, 3.63) is 0 Å². The monoisotopic (exact) mass is 320 g/mol. The molecule has 4 atom stereocenters. The minimum atomic E-state index is -0.101. The van der Waals surface area contributed by atoms with Crippen LogP contribution in [0.1, 0.15) is 33.1 Å². The molecule has 3 saturated carbocycles. The van der Waals surface area contributed by atoms with Crippen molar-refractivity contribution in [3.63, 3.8) is 0 Å². The summed E-state index contributed by atoms with van der Waals surface area (Å²) in [5.41, 5.74) is 0.294. The van der Waals surface area contributed by atoms with E-state index in [2.05, 4.69) is 36.4 Å². The van der Waals surface area contributed by atoms with Gasteiger partial charge in [0.25, 0.3) is 0 Å². The highest BCUT2D eigenvalue weighted by molar-refractivity contribution is 14.1. The van der Waals surface area contributed by atoms with Gasteiger partial charge in [-0.05, 0) is 24.2 Å². The lowest BCUT2D eigenvalue weighted by molar-refractivity contribution is -0.211. The maximum Gasteiger partial charge on any atom is 0.306 e. The Morgan fingerprint density at radius 1 is 1.40 bits per heavy atom. The molecule has 0 N–H and O–H groups in total. The largest absolute Gasteiger partial charge is 0.458 e. The predicted octanol–water partition coefficient (Wildman–Crippen LogP) is 2.79. The first kappa shape index (κ1) is 10.4. The van der Waals surface area contributed by atoms with Gasteiger partial charge in [-0.3, -0.25) is 4.79 Å². The first-order valence-corrected chi connectivity index (χ1v) is 7.31. The fourth-order valence-electron chi connectivity index (χ4n) is 4.17. The van der Waals surface area contributed by atoms with E-state index in [1.807, 2.05) is 0 Å². The quantitative estimate of drug-likeness (QED) is 0.422. The number of hydrogen-bond donors (Lipinski definition) is 0. The van der Waals surface area contributed by atoms with E-state index < -0.39 is 0 Å². The summed E-state index contributed by atoms with van der Waals surface area (Å²) in [7, 11) is 0. The van der Waals surface area contributed by atoms with Gasteiger partial charge in [0.2, 0.25) is 0 Å². The van der Waals surface area contributed by atoms with Crippen LogP contribution in [-0.2, 0) is 9.53 Å². The summed E-state index contributed by atoms with van der Waals surface area (Å²) < 4.78 is 6.72. The fraction of sp³-hybridized carbons (Fsp3) is 0.917. The number of alkyl halides is 1. The lowest BCUT2D eigenvalue weighted by Crippen LogP contribution is -2.65. The molecule has 1 saturated heterocycles. The molecule has 0 aromatic rings. The van der Waals surface area contributed by atoms with Crippen LogP contribution in [0.15, 0.2) is 0 Å². The number of halogens is 1. The van der Waals surface area contributed by atoms with Gasteiger partial charge in [0.15, 0.2) is 0 Å². The Hall–Kier alpha value is 0.200. The van der Waals surface area contributed by atoms with Gasteiger partial charge in [-0.25, -0.2) is 0 Å². The lowest BCUT2D eigenvalue weighted by atomic mass is 9.42. The van der Waals surface area contributed by atoms with Gasteiger partial charge in [-0.1, -0.05) is 36.4 Å². The number of hydrogen-bond acceptors (Lipinski definition) is 2. The Balaban J connectivity index is 2.00. The summed E-state index contributed by atoms with van der Waals surface area (Å²) in [4.78, 5) is 11.5. The van der Waals surface area contributed by atoms with Crippen LogP contribution in [0.3, 0.4) is 0 Å². The summed E-state index contributed by atoms with van der Waals surface area (Å²) in [6.07, 6.45) is 3.16. The summed E-state index contributed by atoms with van der Waals surface area (Å²) in [5, 5.41) is 0. The number of ether oxygens (including phenoxy) is 1. The van der Waals surface area contributed by atoms with Gasteiger partial charge < -0.3 is 4.74 Å². The van der Waals surface area contributed by atoms with Gasteiger partial charge in [0.05, 0.1) is 6.42 Å². The van der Waals surface area contributed by atoms with Crippen LogP contribution in [0.2, 0.25) is 0 Å². The molecule has 2 nitrogen and oxygen atoms in total. The Morgan fingerprint density at radius 3 is 2.73 bits per heavy atom. The second-order valence-electron chi connectivity index (χ2n) is 6.01. The summed E-state index contributed by atoms with van der Waals surface area (Å²) in [6.45, 7) is 4.70. The average molecular weight is 320 g/mol. The van der Waals surface area contributed by atoms with Crippen LogP contribution in [-0.4, -0.2) is 16.0 Å². The normalized spacial score (nSPS) is 50.6. The number of carbonyl (C=O) groups excluding carboxylic acids is 1. The minimum absolute atomic E-state index is 0.0417. The summed E-state index contributed by atoms with van der Waals surface area (Å²) >= 11 is 2.40. The molecule has 84 valence electrons. The molecular formula is C12H17IO2. The standard InChI is InChI=1S/C12H17IO2/c1-11(2)7-3-8-5-10(14)15-12(8,6-13)9(11)4-7/h7-9H,3-6H2,1-2H3/t7-,8+,9+,12-/m1/s1. The van der Waals surface area contributed by atoms with E-state index in [1.54, 1.807) is 0 Å². The third-order valence-corrected chi connectivity index (χ3v) is 6.44. The van der Waals surface area contributed by atoms with Crippen molar-refractivity contribution >= 4 is 28.6 Å². The van der Waals surface area contributed by atoms with Crippen LogP contribution in [0.5, 0.6) is 0 Å². The summed E-state index contributed by atoms with van der Waals surface area (Å²) in [6, 6.07) is 0. The SMILES string of the molecule is CC1(C)[C@@H]2C[C@H]3CC(=O)O[C@@]3(CI)[C@H]1C2. The molecule has 4 rings (SSSR count). The molecule has 4 fully saturated rings. The second-order valence-corrected chi connectivity index (χ2v) is 6.77. The smallest absolute Gasteiger partial charge is 0.306 e. The van der Waals surface area contributed by atoms with E-state index in [-0.39, 0.29) is 11.6 Å². The van der Waals surface area contributed by atoms with E-state index in [0.717, 1.165) is 10.3 Å². The van der Waals surface area contributed by atoms with Crippen molar-refractivity contribution in [2.75, 3.05) is 4.43 Å². The Bertz CT molecular complexity index is 326. The highest BCUT2D eigenvalue weighted by Crippen LogP contribution is 2.68. The van der Waals surface area contributed by atoms with Crippen molar-refractivity contribution in [1.29, 1.82) is 0 Å². The third kappa shape index (κ3) is 1.08. The number of rotatable bonds is 1. The van der Waals surface area contributed by atoms with Crippen LogP contribution in [0, 0.1) is 23.2 Å². The number of carbonyl (C=O) groups is 1. The van der Waals surface area contributed by atoms with Gasteiger partial charge in [-0.15, -0.1) is 0 Å². The molecule has 2 bridgehead atoms. The van der Waals surface area contributed by atoms with Crippen molar-refractivity contribution in [3.8, 4) is 0 Å². The molecule has 15 heavy (non-hydrogen) atoms. The van der Waals surface area contributed by atoms with Crippen LogP contribution in [0.4, 0.5) is 0 Å². The maximum absolute atomic E-state index is 11.5. The zero-order chi connectivity index (χ0) is 10.8. The van der Waals surface area contributed by atoms with Crippen molar-refractivity contribution < 1.29 is 9.53 Å². The molecule has 3 heteroatoms. The summed E-state index contributed by atoms with van der Waals surface area (Å²) in [5.74, 6) is 1.99. The molecule has 1 aliphatic heterocycles. The molecule has 0 amide bonds. The zero-order valence-electron chi connectivity index (χ0n) is 9.25. The topological polar surface area (TPSA) is 26.3 Å². The Labute approximate surface area is 104 Å². The molecule has 0 aromatic carbocycles.